The number of hydrogen-bond acceptors (Lipinski definition) is 5. The van der Waals surface area contributed by atoms with Gasteiger partial charge in [-0.2, -0.15) is 0 Å². The molecule has 2 N–H and O–H groups in total. The summed E-state index contributed by atoms with van der Waals surface area (Å²) in [6.07, 6.45) is 0. The van der Waals surface area contributed by atoms with Gasteiger partial charge in [0.1, 0.15) is 4.83 Å². The van der Waals surface area contributed by atoms with Crippen LogP contribution in [-0.4, -0.2) is 55.9 Å². The fourth-order valence-electron chi connectivity index (χ4n) is 0.859. The van der Waals surface area contributed by atoms with Crippen molar-refractivity contribution in [1.82, 2.24) is 5.32 Å². The second-order valence-electron chi connectivity index (χ2n) is 2.73. The van der Waals surface area contributed by atoms with Gasteiger partial charge in [0.15, 0.2) is 0 Å². The summed E-state index contributed by atoms with van der Waals surface area (Å²) in [6, 6.07) is -0.162. The molecule has 0 aliphatic carbocycles. The molecule has 6 heteroatoms. The summed E-state index contributed by atoms with van der Waals surface area (Å²) in [4.78, 5) is 10.6. The smallest absolute Gasteiger partial charge is 0.320 e. The molecule has 14 heavy (non-hydrogen) atoms. The molecule has 0 radical (unpaired) electrons. The average Bonchev–Trinajstić information content (AvgIpc) is 2.22. The summed E-state index contributed by atoms with van der Waals surface area (Å²) in [7, 11) is 2.88. The van der Waals surface area contributed by atoms with Gasteiger partial charge >= 0.3 is 5.97 Å². The van der Waals surface area contributed by atoms with Gasteiger partial charge in [0.25, 0.3) is 0 Å². The zero-order chi connectivity index (χ0) is 11.0. The van der Waals surface area contributed by atoms with Crippen molar-refractivity contribution in [2.75, 3.05) is 34.0 Å². The largest absolute Gasteiger partial charge is 0.468 e. The number of rotatable bonds is 7. The maximum absolute atomic E-state index is 11.0. The van der Waals surface area contributed by atoms with Crippen LogP contribution < -0.4 is 5.32 Å². The molecule has 0 aliphatic heterocycles. The lowest BCUT2D eigenvalue weighted by Crippen LogP contribution is -2.41. The number of carbonyl (C=O) groups is 1. The minimum atomic E-state index is -0.404. The van der Waals surface area contributed by atoms with Crippen molar-refractivity contribution in [2.24, 2.45) is 0 Å². The third-order valence-electron chi connectivity index (χ3n) is 1.63. The van der Waals surface area contributed by atoms with E-state index in [0.717, 1.165) is 0 Å². The molecule has 0 bridgehead atoms. The summed E-state index contributed by atoms with van der Waals surface area (Å²) >= 11 is 3.15. The number of ether oxygens (including phenoxy) is 2. The summed E-state index contributed by atoms with van der Waals surface area (Å²) in [5.41, 5.74) is 0. The minimum Gasteiger partial charge on any atom is -0.468 e. The van der Waals surface area contributed by atoms with Crippen LogP contribution in [0.4, 0.5) is 0 Å². The van der Waals surface area contributed by atoms with Crippen LogP contribution in [0, 0.1) is 0 Å². The van der Waals surface area contributed by atoms with Gasteiger partial charge in [0, 0.05) is 13.7 Å². The van der Waals surface area contributed by atoms with Crippen molar-refractivity contribution >= 4 is 21.9 Å². The molecule has 0 heterocycles. The van der Waals surface area contributed by atoms with E-state index in [-0.39, 0.29) is 18.6 Å². The highest BCUT2D eigenvalue weighted by Gasteiger charge is 2.16. The first kappa shape index (κ1) is 13.8. The molecule has 0 saturated carbocycles. The van der Waals surface area contributed by atoms with E-state index in [2.05, 4.69) is 26.0 Å². The molecule has 0 amide bonds. The van der Waals surface area contributed by atoms with E-state index in [1.165, 1.54) is 7.11 Å². The number of esters is 1. The summed E-state index contributed by atoms with van der Waals surface area (Å²) in [6.45, 7) is 0.757. The molecule has 0 saturated heterocycles. The zero-order valence-electron chi connectivity index (χ0n) is 8.33. The van der Waals surface area contributed by atoms with Crippen molar-refractivity contribution in [3.05, 3.63) is 0 Å². The van der Waals surface area contributed by atoms with E-state index in [1.54, 1.807) is 7.11 Å². The number of methoxy groups -OCH3 is 2. The van der Waals surface area contributed by atoms with Gasteiger partial charge < -0.3 is 19.9 Å². The predicted molar refractivity (Wildman–Crippen MR) is 55.5 cm³/mol. The van der Waals surface area contributed by atoms with Gasteiger partial charge in [-0.15, -0.1) is 0 Å². The molecule has 0 spiro atoms. The Morgan fingerprint density at radius 3 is 2.64 bits per heavy atom. The highest BCUT2D eigenvalue weighted by atomic mass is 79.9. The quantitative estimate of drug-likeness (QED) is 0.483. The molecule has 5 nitrogen and oxygen atoms in total. The predicted octanol–water partition coefficient (Wildman–Crippen LogP) is -0.480. The summed E-state index contributed by atoms with van der Waals surface area (Å²) in [5, 5.41) is 11.9. The Morgan fingerprint density at radius 1 is 1.57 bits per heavy atom. The molecule has 0 aromatic heterocycles. The van der Waals surface area contributed by atoms with Gasteiger partial charge in [0.05, 0.1) is 26.4 Å². The van der Waals surface area contributed by atoms with E-state index in [0.29, 0.717) is 13.2 Å². The number of nitrogens with one attached hydrogen (secondary N) is 1. The Balaban J connectivity index is 3.72. The second kappa shape index (κ2) is 8.16. The van der Waals surface area contributed by atoms with Crippen LogP contribution in [0.15, 0.2) is 0 Å². The highest BCUT2D eigenvalue weighted by Crippen LogP contribution is 2.00. The maximum Gasteiger partial charge on any atom is 0.320 e. The van der Waals surface area contributed by atoms with Crippen molar-refractivity contribution in [3.63, 3.8) is 0 Å². The lowest BCUT2D eigenvalue weighted by Gasteiger charge is -2.16. The van der Waals surface area contributed by atoms with Crippen LogP contribution in [-0.2, 0) is 14.3 Å². The van der Waals surface area contributed by atoms with E-state index in [4.69, 9.17) is 9.84 Å². The van der Waals surface area contributed by atoms with Crippen molar-refractivity contribution < 1.29 is 19.4 Å². The molecular formula is C8H16BrNO4. The SMILES string of the molecule is COCC(CO)NCC(Br)C(=O)OC. The van der Waals surface area contributed by atoms with Gasteiger partial charge in [0.2, 0.25) is 0 Å². The number of carbonyl (C=O) groups excluding carboxylic acids is 1. The first-order chi connectivity index (χ1) is 6.65. The second-order valence-corrected chi connectivity index (χ2v) is 3.84. The van der Waals surface area contributed by atoms with E-state index in [1.807, 2.05) is 0 Å². The van der Waals surface area contributed by atoms with Crippen molar-refractivity contribution in [2.45, 2.75) is 10.9 Å². The van der Waals surface area contributed by atoms with Gasteiger partial charge in [-0.05, 0) is 0 Å². The average molecular weight is 270 g/mol. The van der Waals surface area contributed by atoms with Crippen LogP contribution in [0.25, 0.3) is 0 Å². The molecular weight excluding hydrogens is 254 g/mol. The Bertz CT molecular complexity index is 167. The third kappa shape index (κ3) is 5.54. The van der Waals surface area contributed by atoms with Crippen molar-refractivity contribution in [1.29, 1.82) is 0 Å². The molecule has 0 rings (SSSR count). The topological polar surface area (TPSA) is 67.8 Å². The molecule has 0 fully saturated rings. The van der Waals surface area contributed by atoms with Crippen LogP contribution in [0.1, 0.15) is 0 Å². The Labute approximate surface area is 91.9 Å². The molecule has 84 valence electrons. The summed E-state index contributed by atoms with van der Waals surface area (Å²) < 4.78 is 9.38. The van der Waals surface area contributed by atoms with Crippen LogP contribution in [0.5, 0.6) is 0 Å². The number of aliphatic hydroxyl groups is 1. The number of hydrogen-bond donors (Lipinski definition) is 2. The first-order valence-corrected chi connectivity index (χ1v) is 5.12. The van der Waals surface area contributed by atoms with Gasteiger partial charge in [-0.3, -0.25) is 4.79 Å². The first-order valence-electron chi connectivity index (χ1n) is 4.20. The fourth-order valence-corrected chi connectivity index (χ4v) is 1.23. The lowest BCUT2D eigenvalue weighted by atomic mass is 10.3. The number of halogens is 1. The molecule has 0 aromatic carbocycles. The number of alkyl halides is 1. The maximum atomic E-state index is 11.0. The van der Waals surface area contributed by atoms with Gasteiger partial charge in [-0.1, -0.05) is 15.9 Å². The molecule has 2 unspecified atom stereocenters. The molecule has 2 atom stereocenters. The van der Waals surface area contributed by atoms with E-state index >= 15 is 0 Å². The van der Waals surface area contributed by atoms with Crippen LogP contribution in [0.2, 0.25) is 0 Å². The molecule has 0 aliphatic rings. The normalized spacial score (nSPS) is 14.9. The standard InChI is InChI=1S/C8H16BrNO4/c1-13-5-6(4-11)10-3-7(9)8(12)14-2/h6-7,10-11H,3-5H2,1-2H3. The van der Waals surface area contributed by atoms with Crippen molar-refractivity contribution in [3.8, 4) is 0 Å². The van der Waals surface area contributed by atoms with Gasteiger partial charge in [-0.25, -0.2) is 0 Å². The fraction of sp³-hybridized carbons (Fsp3) is 0.875. The van der Waals surface area contributed by atoms with E-state index in [9.17, 15) is 4.79 Å². The molecule has 0 aromatic rings. The Morgan fingerprint density at radius 2 is 2.21 bits per heavy atom. The Hall–Kier alpha value is -0.170. The lowest BCUT2D eigenvalue weighted by molar-refractivity contribution is -0.139. The monoisotopic (exact) mass is 269 g/mol. The Kier molecular flexibility index (Phi) is 8.07. The van der Waals surface area contributed by atoms with Crippen LogP contribution >= 0.6 is 15.9 Å². The zero-order valence-corrected chi connectivity index (χ0v) is 9.91. The summed E-state index contributed by atoms with van der Waals surface area (Å²) in [5.74, 6) is -0.341. The van der Waals surface area contributed by atoms with E-state index < -0.39 is 4.83 Å². The van der Waals surface area contributed by atoms with Crippen LogP contribution in [0.3, 0.4) is 0 Å². The number of aliphatic hydroxyl groups excluding tert-OH is 1. The minimum absolute atomic E-state index is 0.0330. The third-order valence-corrected chi connectivity index (χ3v) is 2.33. The highest BCUT2D eigenvalue weighted by molar-refractivity contribution is 9.10.